The lowest BCUT2D eigenvalue weighted by atomic mass is 9.89. The molecule has 0 unspecified atom stereocenters. The monoisotopic (exact) mass is 351 g/mol. The second-order valence-electron chi connectivity index (χ2n) is 6.26. The molecular formula is C21H21NO4. The number of ether oxygens (including phenoxy) is 1. The zero-order valence-electron chi connectivity index (χ0n) is 14.7. The van der Waals surface area contributed by atoms with Crippen molar-refractivity contribution < 1.29 is 19.4 Å². The molecule has 2 aromatic rings. The van der Waals surface area contributed by atoms with Crippen LogP contribution >= 0.6 is 0 Å². The van der Waals surface area contributed by atoms with E-state index < -0.39 is 5.97 Å². The summed E-state index contributed by atoms with van der Waals surface area (Å²) in [5, 5.41) is 12.6. The zero-order valence-corrected chi connectivity index (χ0v) is 14.7. The molecular weight excluding hydrogens is 330 g/mol. The van der Waals surface area contributed by atoms with Crippen molar-refractivity contribution in [2.24, 2.45) is 4.99 Å². The van der Waals surface area contributed by atoms with E-state index in [1.807, 2.05) is 42.5 Å². The third-order valence-electron chi connectivity index (χ3n) is 4.46. The number of benzene rings is 2. The highest BCUT2D eigenvalue weighted by molar-refractivity contribution is 6.24. The molecule has 1 fully saturated rings. The number of esters is 1. The number of carbonyl (C=O) groups is 2. The molecule has 134 valence electrons. The Labute approximate surface area is 152 Å². The Morgan fingerprint density at radius 1 is 1.12 bits per heavy atom. The molecule has 5 heteroatoms. The first-order valence-electron chi connectivity index (χ1n) is 8.67. The summed E-state index contributed by atoms with van der Waals surface area (Å²) in [6.45, 7) is 0. The van der Waals surface area contributed by atoms with Crippen LogP contribution in [0.1, 0.15) is 32.1 Å². The number of methoxy groups -OCH3 is 1. The summed E-state index contributed by atoms with van der Waals surface area (Å²) in [4.78, 5) is 28.3. The van der Waals surface area contributed by atoms with Crippen molar-refractivity contribution in [3.63, 3.8) is 0 Å². The minimum Gasteiger partial charge on any atom is -0.511 e. The average Bonchev–Trinajstić information content (AvgIpc) is 2.66. The van der Waals surface area contributed by atoms with Gasteiger partial charge in [-0.1, -0.05) is 30.3 Å². The molecule has 3 rings (SSSR count). The number of fused-ring (bicyclic) bond motifs is 1. The average molecular weight is 351 g/mol. The fraction of sp³-hybridized carbons (Fsp3) is 0.286. The lowest BCUT2D eigenvalue weighted by Gasteiger charge is -2.18. The predicted molar refractivity (Wildman–Crippen MR) is 101 cm³/mol. The van der Waals surface area contributed by atoms with Gasteiger partial charge in [0, 0.05) is 12.8 Å². The summed E-state index contributed by atoms with van der Waals surface area (Å²) in [5.74, 6) is -0.633. The second-order valence-corrected chi connectivity index (χ2v) is 6.26. The van der Waals surface area contributed by atoms with Gasteiger partial charge in [-0.25, -0.2) is 0 Å². The minimum absolute atomic E-state index is 0.0301. The van der Waals surface area contributed by atoms with E-state index in [2.05, 4.69) is 9.73 Å². The maximum Gasteiger partial charge on any atom is 0.305 e. The number of allylic oxidation sites excluding steroid dienone is 2. The summed E-state index contributed by atoms with van der Waals surface area (Å²) in [5.41, 5.74) is 1.58. The number of ketones is 1. The number of nitrogens with zero attached hydrogens (tertiary/aromatic N) is 1. The highest BCUT2D eigenvalue weighted by Crippen LogP contribution is 2.27. The lowest BCUT2D eigenvalue weighted by molar-refractivity contribution is -0.140. The van der Waals surface area contributed by atoms with Crippen LogP contribution in [0.25, 0.3) is 10.8 Å². The Bertz CT molecular complexity index is 911. The molecule has 1 saturated carbocycles. The normalized spacial score (nSPS) is 18.2. The van der Waals surface area contributed by atoms with E-state index in [1.54, 1.807) is 0 Å². The molecule has 0 spiro atoms. The van der Waals surface area contributed by atoms with Gasteiger partial charge in [-0.3, -0.25) is 14.6 Å². The van der Waals surface area contributed by atoms with E-state index in [9.17, 15) is 14.7 Å². The molecule has 26 heavy (non-hydrogen) atoms. The highest BCUT2D eigenvalue weighted by Gasteiger charge is 2.25. The van der Waals surface area contributed by atoms with Gasteiger partial charge in [-0.2, -0.15) is 0 Å². The van der Waals surface area contributed by atoms with Crippen molar-refractivity contribution >= 4 is 33.9 Å². The fourth-order valence-corrected chi connectivity index (χ4v) is 3.12. The summed E-state index contributed by atoms with van der Waals surface area (Å²) < 4.78 is 4.59. The van der Waals surface area contributed by atoms with Gasteiger partial charge in [-0.05, 0) is 35.7 Å². The molecule has 0 aliphatic heterocycles. The van der Waals surface area contributed by atoms with Crippen LogP contribution in [0.15, 0.2) is 58.8 Å². The van der Waals surface area contributed by atoms with Crippen LogP contribution in [-0.2, 0) is 14.3 Å². The Morgan fingerprint density at radius 2 is 1.88 bits per heavy atom. The number of aliphatic hydroxyl groups is 1. The minimum atomic E-state index is -0.423. The Kier molecular flexibility index (Phi) is 5.46. The van der Waals surface area contributed by atoms with E-state index in [-0.39, 0.29) is 30.0 Å². The van der Waals surface area contributed by atoms with Gasteiger partial charge in [0.15, 0.2) is 5.78 Å². The van der Waals surface area contributed by atoms with Crippen LogP contribution in [0.5, 0.6) is 0 Å². The number of Topliss-reactive ketones (excluding diaryl/α,β-unsaturated/α-hetero) is 1. The molecule has 0 aromatic heterocycles. The third kappa shape index (κ3) is 3.99. The van der Waals surface area contributed by atoms with Crippen molar-refractivity contribution in [3.05, 3.63) is 53.8 Å². The molecule has 0 amide bonds. The van der Waals surface area contributed by atoms with Crippen LogP contribution in [0.4, 0.5) is 5.69 Å². The zero-order chi connectivity index (χ0) is 18.5. The largest absolute Gasteiger partial charge is 0.511 e. The molecule has 0 heterocycles. The van der Waals surface area contributed by atoms with Crippen LogP contribution in [0.2, 0.25) is 0 Å². The van der Waals surface area contributed by atoms with Crippen LogP contribution in [0, 0.1) is 0 Å². The van der Waals surface area contributed by atoms with Gasteiger partial charge in [-0.15, -0.1) is 0 Å². The van der Waals surface area contributed by atoms with Gasteiger partial charge in [0.05, 0.1) is 30.5 Å². The summed E-state index contributed by atoms with van der Waals surface area (Å²) in [6.07, 6.45) is 1.82. The smallest absolute Gasteiger partial charge is 0.305 e. The second kappa shape index (κ2) is 7.95. The summed E-state index contributed by atoms with van der Waals surface area (Å²) in [7, 11) is 1.30. The number of hydrogen-bond donors (Lipinski definition) is 1. The highest BCUT2D eigenvalue weighted by atomic mass is 16.5. The number of carbonyl (C=O) groups excluding carboxylic acids is 2. The van der Waals surface area contributed by atoms with Crippen LogP contribution in [-0.4, -0.2) is 29.7 Å². The molecule has 0 radical (unpaired) electrons. The number of aliphatic imine (C=N–C) groups is 1. The van der Waals surface area contributed by atoms with E-state index in [4.69, 9.17) is 0 Å². The fourth-order valence-electron chi connectivity index (χ4n) is 3.12. The molecule has 1 aliphatic carbocycles. The molecule has 1 N–H and O–H groups in total. The van der Waals surface area contributed by atoms with Gasteiger partial charge in [0.25, 0.3) is 0 Å². The number of rotatable bonds is 4. The molecule has 5 nitrogen and oxygen atoms in total. The first-order valence-corrected chi connectivity index (χ1v) is 8.67. The Morgan fingerprint density at radius 3 is 2.65 bits per heavy atom. The lowest BCUT2D eigenvalue weighted by Crippen LogP contribution is -2.21. The Hall–Kier alpha value is -2.95. The summed E-state index contributed by atoms with van der Waals surface area (Å²) >= 11 is 0. The number of hydrogen-bond acceptors (Lipinski definition) is 5. The SMILES string of the molecule is COC(=O)CCC(O)=C1C(=O)CCCC1=Nc1ccc2ccccc2c1. The Balaban J connectivity index is 1.94. The van der Waals surface area contributed by atoms with Crippen molar-refractivity contribution in [3.8, 4) is 0 Å². The van der Waals surface area contributed by atoms with Crippen LogP contribution in [0.3, 0.4) is 0 Å². The quantitative estimate of drug-likeness (QED) is 0.502. The van der Waals surface area contributed by atoms with Gasteiger partial charge in [0.2, 0.25) is 0 Å². The van der Waals surface area contributed by atoms with Gasteiger partial charge < -0.3 is 9.84 Å². The molecule has 0 bridgehead atoms. The molecule has 0 saturated heterocycles. The summed E-state index contributed by atoms with van der Waals surface area (Å²) in [6, 6.07) is 13.8. The maximum atomic E-state index is 12.3. The topological polar surface area (TPSA) is 76.0 Å². The van der Waals surface area contributed by atoms with Crippen molar-refractivity contribution in [2.75, 3.05) is 7.11 Å². The molecule has 1 aliphatic rings. The molecule has 0 atom stereocenters. The van der Waals surface area contributed by atoms with Crippen molar-refractivity contribution in [1.29, 1.82) is 0 Å². The van der Waals surface area contributed by atoms with Gasteiger partial charge >= 0.3 is 5.97 Å². The van der Waals surface area contributed by atoms with Crippen LogP contribution < -0.4 is 0 Å². The first-order chi connectivity index (χ1) is 12.6. The van der Waals surface area contributed by atoms with E-state index in [0.717, 1.165) is 16.5 Å². The number of aliphatic hydroxyl groups excluding tert-OH is 1. The maximum absolute atomic E-state index is 12.3. The van der Waals surface area contributed by atoms with E-state index in [0.29, 0.717) is 25.0 Å². The van der Waals surface area contributed by atoms with Gasteiger partial charge in [0.1, 0.15) is 5.76 Å². The predicted octanol–water partition coefficient (Wildman–Crippen LogP) is 4.43. The van der Waals surface area contributed by atoms with Crippen molar-refractivity contribution in [1.82, 2.24) is 0 Å². The third-order valence-corrected chi connectivity index (χ3v) is 4.46. The molecule has 2 aromatic carbocycles. The van der Waals surface area contributed by atoms with Crippen molar-refractivity contribution in [2.45, 2.75) is 32.1 Å². The standard InChI is InChI=1S/C21H21NO4/c1-26-20(25)12-11-19(24)21-17(7-4-8-18(21)23)22-16-10-9-14-5-2-3-6-15(14)13-16/h2-3,5-6,9-10,13,24H,4,7-8,11-12H2,1H3. The first kappa shape index (κ1) is 17.9. The van der Waals surface area contributed by atoms with E-state index in [1.165, 1.54) is 7.11 Å². The van der Waals surface area contributed by atoms with E-state index >= 15 is 0 Å².